The number of benzene rings is 1. The van der Waals surface area contributed by atoms with E-state index >= 15 is 0 Å². The highest BCUT2D eigenvalue weighted by atomic mass is 79.9. The Labute approximate surface area is 106 Å². The largest absolute Gasteiger partial charge is 0.390 e. The second-order valence-corrected chi connectivity index (χ2v) is 5.36. The summed E-state index contributed by atoms with van der Waals surface area (Å²) in [5, 5.41) is 20.8. The number of nitrogens with zero attached hydrogens (tertiary/aromatic N) is 1. The fraction of sp³-hybridized carbons (Fsp3) is 0.364. The molecule has 1 aromatic carbocycles. The molecule has 0 saturated heterocycles. The van der Waals surface area contributed by atoms with Gasteiger partial charge in [-0.3, -0.25) is 0 Å². The van der Waals surface area contributed by atoms with Crippen molar-refractivity contribution in [1.82, 2.24) is 4.98 Å². The number of halogens is 1. The average Bonchev–Trinajstić information content (AvgIpc) is 2.71. The normalized spacial score (nSPS) is 15.2. The second kappa shape index (κ2) is 5.23. The van der Waals surface area contributed by atoms with Gasteiger partial charge in [0.05, 0.1) is 16.3 Å². The van der Waals surface area contributed by atoms with Crippen molar-refractivity contribution in [1.29, 1.82) is 0 Å². The van der Waals surface area contributed by atoms with Gasteiger partial charge in [0.2, 0.25) is 0 Å². The van der Waals surface area contributed by atoms with E-state index in [1.807, 2.05) is 24.3 Å². The summed E-state index contributed by atoms with van der Waals surface area (Å²) in [6.07, 6.45) is -1.15. The van der Waals surface area contributed by atoms with Crippen molar-refractivity contribution >= 4 is 37.5 Å². The molecule has 5 heteroatoms. The Kier molecular flexibility index (Phi) is 3.91. The number of aliphatic hydroxyl groups excluding tert-OH is 2. The fourth-order valence-corrected chi connectivity index (χ4v) is 2.93. The summed E-state index contributed by atoms with van der Waals surface area (Å²) < 4.78 is 1.03. The summed E-state index contributed by atoms with van der Waals surface area (Å²) >= 11 is 4.66. The Morgan fingerprint density at radius 1 is 1.31 bits per heavy atom. The number of alkyl halides is 1. The Bertz CT molecular complexity index is 441. The van der Waals surface area contributed by atoms with Crippen LogP contribution in [0.5, 0.6) is 0 Å². The summed E-state index contributed by atoms with van der Waals surface area (Å²) in [5.74, 6) is 0. The van der Waals surface area contributed by atoms with Gasteiger partial charge in [-0.05, 0) is 18.6 Å². The third kappa shape index (κ3) is 2.43. The van der Waals surface area contributed by atoms with Crippen molar-refractivity contribution in [2.24, 2.45) is 0 Å². The Hall–Kier alpha value is -0.490. The van der Waals surface area contributed by atoms with E-state index in [0.29, 0.717) is 16.8 Å². The third-order valence-electron chi connectivity index (χ3n) is 2.33. The van der Waals surface area contributed by atoms with Crippen molar-refractivity contribution in [3.05, 3.63) is 29.3 Å². The molecule has 0 radical (unpaired) electrons. The van der Waals surface area contributed by atoms with E-state index in [0.717, 1.165) is 10.2 Å². The zero-order valence-electron chi connectivity index (χ0n) is 8.51. The van der Waals surface area contributed by atoms with Gasteiger partial charge in [-0.1, -0.05) is 28.1 Å². The van der Waals surface area contributed by atoms with Gasteiger partial charge >= 0.3 is 0 Å². The molecule has 86 valence electrons. The van der Waals surface area contributed by atoms with Crippen LogP contribution in [0.2, 0.25) is 0 Å². The van der Waals surface area contributed by atoms with Crippen LogP contribution in [0, 0.1) is 0 Å². The average molecular weight is 302 g/mol. The Morgan fingerprint density at radius 2 is 2.06 bits per heavy atom. The van der Waals surface area contributed by atoms with Gasteiger partial charge < -0.3 is 10.2 Å². The maximum Gasteiger partial charge on any atom is 0.131 e. The molecule has 0 saturated carbocycles. The van der Waals surface area contributed by atoms with Crippen molar-refractivity contribution in [3.8, 4) is 0 Å². The van der Waals surface area contributed by atoms with Gasteiger partial charge in [-0.25, -0.2) is 4.98 Å². The zero-order valence-corrected chi connectivity index (χ0v) is 10.9. The molecule has 0 bridgehead atoms. The lowest BCUT2D eigenvalue weighted by Crippen LogP contribution is -2.18. The maximum absolute atomic E-state index is 9.90. The van der Waals surface area contributed by atoms with Gasteiger partial charge in [0.25, 0.3) is 0 Å². The molecular weight excluding hydrogens is 290 g/mol. The smallest absolute Gasteiger partial charge is 0.131 e. The lowest BCUT2D eigenvalue weighted by Gasteiger charge is -2.13. The predicted molar refractivity (Wildman–Crippen MR) is 69.0 cm³/mol. The SMILES string of the molecule is OC(CCBr)C(O)c1nc2ccccc2s1. The number of hydrogen-bond donors (Lipinski definition) is 2. The monoisotopic (exact) mass is 301 g/mol. The summed E-state index contributed by atoms with van der Waals surface area (Å²) in [5.41, 5.74) is 0.868. The lowest BCUT2D eigenvalue weighted by molar-refractivity contribution is 0.0173. The van der Waals surface area contributed by atoms with Gasteiger partial charge in [-0.2, -0.15) is 0 Å². The number of para-hydroxylation sites is 1. The van der Waals surface area contributed by atoms with E-state index in [2.05, 4.69) is 20.9 Å². The summed E-state index contributed by atoms with van der Waals surface area (Å²) in [6, 6.07) is 7.71. The highest BCUT2D eigenvalue weighted by Crippen LogP contribution is 2.28. The van der Waals surface area contributed by atoms with E-state index < -0.39 is 12.2 Å². The van der Waals surface area contributed by atoms with E-state index in [-0.39, 0.29) is 0 Å². The molecule has 2 rings (SSSR count). The Balaban J connectivity index is 2.26. The van der Waals surface area contributed by atoms with Gasteiger partial charge in [0.1, 0.15) is 11.1 Å². The highest BCUT2D eigenvalue weighted by molar-refractivity contribution is 9.09. The topological polar surface area (TPSA) is 53.4 Å². The molecule has 16 heavy (non-hydrogen) atoms. The van der Waals surface area contributed by atoms with Crippen molar-refractivity contribution in [2.45, 2.75) is 18.6 Å². The Morgan fingerprint density at radius 3 is 2.75 bits per heavy atom. The minimum absolute atomic E-state index is 0.511. The molecule has 2 aromatic rings. The molecule has 0 aliphatic rings. The molecule has 0 amide bonds. The fourth-order valence-electron chi connectivity index (χ4n) is 1.45. The summed E-state index contributed by atoms with van der Waals surface area (Å²) in [7, 11) is 0. The molecule has 2 N–H and O–H groups in total. The minimum atomic E-state index is -0.894. The molecule has 1 heterocycles. The quantitative estimate of drug-likeness (QED) is 0.853. The van der Waals surface area contributed by atoms with Gasteiger partial charge in [-0.15, -0.1) is 11.3 Å². The zero-order chi connectivity index (χ0) is 11.5. The molecule has 0 spiro atoms. The number of rotatable bonds is 4. The first-order valence-corrected chi connectivity index (χ1v) is 6.93. The first-order valence-electron chi connectivity index (χ1n) is 5.00. The molecular formula is C11H12BrNO2S. The van der Waals surface area contributed by atoms with Gasteiger partial charge in [0, 0.05) is 5.33 Å². The van der Waals surface area contributed by atoms with Crippen LogP contribution in [0.1, 0.15) is 17.5 Å². The van der Waals surface area contributed by atoms with Crippen LogP contribution in [0.25, 0.3) is 10.2 Å². The molecule has 0 aliphatic carbocycles. The maximum atomic E-state index is 9.90. The van der Waals surface area contributed by atoms with Crippen molar-refractivity contribution in [3.63, 3.8) is 0 Å². The molecule has 3 nitrogen and oxygen atoms in total. The van der Waals surface area contributed by atoms with Crippen LogP contribution in [0.3, 0.4) is 0 Å². The molecule has 2 unspecified atom stereocenters. The number of aromatic nitrogens is 1. The summed E-state index contributed by atoms with van der Waals surface area (Å²) in [4.78, 5) is 4.31. The highest BCUT2D eigenvalue weighted by Gasteiger charge is 2.21. The van der Waals surface area contributed by atoms with Crippen LogP contribution in [0.4, 0.5) is 0 Å². The van der Waals surface area contributed by atoms with E-state index in [1.165, 1.54) is 11.3 Å². The molecule has 0 fully saturated rings. The number of thiazole rings is 1. The van der Waals surface area contributed by atoms with E-state index in [9.17, 15) is 10.2 Å². The number of fused-ring (bicyclic) bond motifs is 1. The van der Waals surface area contributed by atoms with Crippen LogP contribution in [0.15, 0.2) is 24.3 Å². The number of hydrogen-bond acceptors (Lipinski definition) is 4. The first kappa shape index (κ1) is 12.0. The van der Waals surface area contributed by atoms with Crippen molar-refractivity contribution in [2.75, 3.05) is 5.33 Å². The van der Waals surface area contributed by atoms with Gasteiger partial charge in [0.15, 0.2) is 0 Å². The lowest BCUT2D eigenvalue weighted by atomic mass is 10.2. The predicted octanol–water partition coefficient (Wildman–Crippen LogP) is 2.48. The molecule has 2 atom stereocenters. The summed E-state index contributed by atoms with van der Waals surface area (Å²) in [6.45, 7) is 0. The minimum Gasteiger partial charge on any atom is -0.390 e. The molecule has 1 aromatic heterocycles. The number of aliphatic hydroxyl groups is 2. The second-order valence-electron chi connectivity index (χ2n) is 3.51. The van der Waals surface area contributed by atoms with E-state index in [4.69, 9.17) is 0 Å². The van der Waals surface area contributed by atoms with Crippen LogP contribution >= 0.6 is 27.3 Å². The molecule has 0 aliphatic heterocycles. The van der Waals surface area contributed by atoms with Crippen LogP contribution in [-0.2, 0) is 0 Å². The standard InChI is InChI=1S/C11H12BrNO2S/c12-6-5-8(14)10(15)11-13-7-3-1-2-4-9(7)16-11/h1-4,8,10,14-15H,5-6H2. The first-order chi connectivity index (χ1) is 7.72. The van der Waals surface area contributed by atoms with E-state index in [1.54, 1.807) is 0 Å². The van der Waals surface area contributed by atoms with Crippen LogP contribution in [-0.4, -0.2) is 26.6 Å². The third-order valence-corrected chi connectivity index (χ3v) is 3.90. The van der Waals surface area contributed by atoms with Crippen molar-refractivity contribution < 1.29 is 10.2 Å². The van der Waals surface area contributed by atoms with Crippen LogP contribution < -0.4 is 0 Å².